The number of aryl methyl sites for hydroxylation is 3. The minimum Gasteiger partial charge on any atom is -0.352 e. The third-order valence-electron chi connectivity index (χ3n) is 5.73. The Morgan fingerprint density at radius 1 is 0.879 bits per heavy atom. The van der Waals surface area contributed by atoms with E-state index >= 15 is 0 Å². The van der Waals surface area contributed by atoms with Gasteiger partial charge >= 0.3 is 0 Å². The fourth-order valence-electron chi connectivity index (χ4n) is 3.92. The second kappa shape index (κ2) is 9.69. The van der Waals surface area contributed by atoms with Crippen molar-refractivity contribution in [1.82, 2.24) is 14.9 Å². The van der Waals surface area contributed by atoms with Crippen molar-refractivity contribution < 1.29 is 9.59 Å². The summed E-state index contributed by atoms with van der Waals surface area (Å²) < 4.78 is 1.93. The molecule has 3 aromatic carbocycles. The van der Waals surface area contributed by atoms with E-state index in [0.717, 1.165) is 39.2 Å². The number of anilines is 1. The summed E-state index contributed by atoms with van der Waals surface area (Å²) in [7, 11) is 0. The number of rotatable bonds is 7. The van der Waals surface area contributed by atoms with Gasteiger partial charge in [-0.3, -0.25) is 9.59 Å². The molecule has 2 N–H and O–H groups in total. The predicted octanol–water partition coefficient (Wildman–Crippen LogP) is 4.57. The standard InChI is InChI=1S/C27H28N4O2/c1-18-11-13-21(14-12-18)27(33)28-16-15-24-29-22-9-4-5-10-23(22)31(24)17-25(32)30-26-19(2)7-6-8-20(26)3/h4-14H,15-17H2,1-3H3,(H,28,33)(H,30,32). The van der Waals surface area contributed by atoms with Gasteiger partial charge in [-0.1, -0.05) is 48.0 Å². The van der Waals surface area contributed by atoms with E-state index in [2.05, 4.69) is 10.6 Å². The third-order valence-corrected chi connectivity index (χ3v) is 5.73. The lowest BCUT2D eigenvalue weighted by Crippen LogP contribution is -2.27. The molecular weight excluding hydrogens is 412 g/mol. The zero-order valence-corrected chi connectivity index (χ0v) is 19.2. The largest absolute Gasteiger partial charge is 0.352 e. The summed E-state index contributed by atoms with van der Waals surface area (Å²) in [5.74, 6) is 0.531. The summed E-state index contributed by atoms with van der Waals surface area (Å²) in [6.45, 7) is 6.53. The van der Waals surface area contributed by atoms with E-state index in [0.29, 0.717) is 18.5 Å². The molecule has 6 heteroatoms. The maximum absolute atomic E-state index is 12.9. The van der Waals surface area contributed by atoms with E-state index in [4.69, 9.17) is 4.98 Å². The smallest absolute Gasteiger partial charge is 0.251 e. The van der Waals surface area contributed by atoms with Crippen molar-refractivity contribution in [1.29, 1.82) is 0 Å². The number of aromatic nitrogens is 2. The molecule has 0 unspecified atom stereocenters. The zero-order valence-electron chi connectivity index (χ0n) is 19.2. The maximum Gasteiger partial charge on any atom is 0.251 e. The molecule has 0 aliphatic carbocycles. The van der Waals surface area contributed by atoms with Gasteiger partial charge in [-0.05, 0) is 56.2 Å². The molecule has 0 saturated carbocycles. The molecule has 0 atom stereocenters. The van der Waals surface area contributed by atoms with Crippen molar-refractivity contribution in [3.05, 3.63) is 94.8 Å². The number of para-hydroxylation sites is 3. The molecular formula is C27H28N4O2. The lowest BCUT2D eigenvalue weighted by Gasteiger charge is -2.14. The molecule has 0 saturated heterocycles. The van der Waals surface area contributed by atoms with E-state index in [-0.39, 0.29) is 18.4 Å². The van der Waals surface area contributed by atoms with Gasteiger partial charge in [-0.2, -0.15) is 0 Å². The van der Waals surface area contributed by atoms with Crippen LogP contribution in [0, 0.1) is 20.8 Å². The second-order valence-corrected chi connectivity index (χ2v) is 8.29. The number of carbonyl (C=O) groups is 2. The van der Waals surface area contributed by atoms with Crippen LogP contribution in [-0.2, 0) is 17.8 Å². The molecule has 0 aliphatic heterocycles. The van der Waals surface area contributed by atoms with Crippen LogP contribution < -0.4 is 10.6 Å². The lowest BCUT2D eigenvalue weighted by molar-refractivity contribution is -0.116. The summed E-state index contributed by atoms with van der Waals surface area (Å²) in [5.41, 5.74) is 6.36. The molecule has 4 rings (SSSR count). The minimum absolute atomic E-state index is 0.111. The van der Waals surface area contributed by atoms with Crippen LogP contribution in [0.25, 0.3) is 11.0 Å². The molecule has 1 aromatic heterocycles. The number of carbonyl (C=O) groups excluding carboxylic acids is 2. The molecule has 168 valence electrons. The van der Waals surface area contributed by atoms with Crippen molar-refractivity contribution >= 4 is 28.5 Å². The van der Waals surface area contributed by atoms with E-state index < -0.39 is 0 Å². The monoisotopic (exact) mass is 440 g/mol. The Balaban J connectivity index is 1.49. The van der Waals surface area contributed by atoms with Crippen LogP contribution in [0.1, 0.15) is 32.9 Å². The molecule has 0 radical (unpaired) electrons. The molecule has 4 aromatic rings. The van der Waals surface area contributed by atoms with Gasteiger partial charge in [0, 0.05) is 24.2 Å². The van der Waals surface area contributed by atoms with Crippen molar-refractivity contribution in [2.75, 3.05) is 11.9 Å². The zero-order chi connectivity index (χ0) is 23.4. The number of hydrogen-bond acceptors (Lipinski definition) is 3. The highest BCUT2D eigenvalue weighted by Crippen LogP contribution is 2.21. The van der Waals surface area contributed by atoms with Crippen LogP contribution in [0.4, 0.5) is 5.69 Å². The third kappa shape index (κ3) is 5.12. The summed E-state index contributed by atoms with van der Waals surface area (Å²) in [6.07, 6.45) is 0.517. The van der Waals surface area contributed by atoms with E-state index in [1.54, 1.807) is 0 Å². The van der Waals surface area contributed by atoms with Crippen molar-refractivity contribution in [3.8, 4) is 0 Å². The van der Waals surface area contributed by atoms with Crippen LogP contribution in [0.15, 0.2) is 66.7 Å². The van der Waals surface area contributed by atoms with Gasteiger partial charge in [0.15, 0.2) is 0 Å². The SMILES string of the molecule is Cc1ccc(C(=O)NCCc2nc3ccccc3n2CC(=O)Nc2c(C)cccc2C)cc1. The van der Waals surface area contributed by atoms with Gasteiger partial charge in [0.25, 0.3) is 5.91 Å². The van der Waals surface area contributed by atoms with Gasteiger partial charge in [0.05, 0.1) is 11.0 Å². The van der Waals surface area contributed by atoms with Crippen molar-refractivity contribution in [2.45, 2.75) is 33.7 Å². The maximum atomic E-state index is 12.9. The number of fused-ring (bicyclic) bond motifs is 1. The fourth-order valence-corrected chi connectivity index (χ4v) is 3.92. The van der Waals surface area contributed by atoms with Gasteiger partial charge in [-0.15, -0.1) is 0 Å². The topological polar surface area (TPSA) is 76.0 Å². The summed E-state index contributed by atoms with van der Waals surface area (Å²) in [4.78, 5) is 30.1. The number of nitrogens with zero attached hydrogens (tertiary/aromatic N) is 2. The highest BCUT2D eigenvalue weighted by Gasteiger charge is 2.15. The molecule has 1 heterocycles. The highest BCUT2D eigenvalue weighted by atomic mass is 16.2. The molecule has 0 spiro atoms. The van der Waals surface area contributed by atoms with E-state index in [1.807, 2.05) is 92.1 Å². The van der Waals surface area contributed by atoms with Crippen LogP contribution in [0.5, 0.6) is 0 Å². The van der Waals surface area contributed by atoms with Crippen LogP contribution >= 0.6 is 0 Å². The average molecular weight is 441 g/mol. The highest BCUT2D eigenvalue weighted by molar-refractivity contribution is 5.94. The number of hydrogen-bond donors (Lipinski definition) is 2. The summed E-state index contributed by atoms with van der Waals surface area (Å²) >= 11 is 0. The molecule has 33 heavy (non-hydrogen) atoms. The Bertz CT molecular complexity index is 1290. The average Bonchev–Trinajstić information content (AvgIpc) is 3.14. The normalized spacial score (nSPS) is 10.9. The van der Waals surface area contributed by atoms with Gasteiger partial charge in [0.1, 0.15) is 12.4 Å². The van der Waals surface area contributed by atoms with Crippen LogP contribution in [-0.4, -0.2) is 27.9 Å². The quantitative estimate of drug-likeness (QED) is 0.442. The first kappa shape index (κ1) is 22.3. The van der Waals surface area contributed by atoms with Crippen LogP contribution in [0.2, 0.25) is 0 Å². The molecule has 6 nitrogen and oxygen atoms in total. The van der Waals surface area contributed by atoms with Crippen molar-refractivity contribution in [3.63, 3.8) is 0 Å². The molecule has 0 fully saturated rings. The molecule has 0 bridgehead atoms. The summed E-state index contributed by atoms with van der Waals surface area (Å²) in [6, 6.07) is 21.2. The predicted molar refractivity (Wildman–Crippen MR) is 131 cm³/mol. The Hall–Kier alpha value is -3.93. The summed E-state index contributed by atoms with van der Waals surface area (Å²) in [5, 5.41) is 6.01. The van der Waals surface area contributed by atoms with Gasteiger partial charge < -0.3 is 15.2 Å². The Labute approximate surface area is 193 Å². The number of nitrogens with one attached hydrogen (secondary N) is 2. The number of benzene rings is 3. The first-order valence-corrected chi connectivity index (χ1v) is 11.1. The minimum atomic E-state index is -0.120. The van der Waals surface area contributed by atoms with Gasteiger partial charge in [-0.25, -0.2) is 4.98 Å². The Morgan fingerprint density at radius 3 is 2.30 bits per heavy atom. The first-order valence-electron chi connectivity index (χ1n) is 11.1. The Morgan fingerprint density at radius 2 is 1.58 bits per heavy atom. The fraction of sp³-hybridized carbons (Fsp3) is 0.222. The second-order valence-electron chi connectivity index (χ2n) is 8.29. The van der Waals surface area contributed by atoms with Crippen molar-refractivity contribution in [2.24, 2.45) is 0 Å². The van der Waals surface area contributed by atoms with E-state index in [9.17, 15) is 9.59 Å². The number of imidazole rings is 1. The Kier molecular flexibility index (Phi) is 6.54. The molecule has 2 amide bonds. The molecule has 0 aliphatic rings. The van der Waals surface area contributed by atoms with Gasteiger partial charge in [0.2, 0.25) is 5.91 Å². The number of amides is 2. The lowest BCUT2D eigenvalue weighted by atomic mass is 10.1. The van der Waals surface area contributed by atoms with Crippen LogP contribution in [0.3, 0.4) is 0 Å². The first-order chi connectivity index (χ1) is 15.9. The van der Waals surface area contributed by atoms with E-state index in [1.165, 1.54) is 0 Å².